The van der Waals surface area contributed by atoms with E-state index in [0.29, 0.717) is 17.9 Å². The van der Waals surface area contributed by atoms with E-state index >= 15 is 0 Å². The molecule has 5 aliphatic rings. The van der Waals surface area contributed by atoms with E-state index in [2.05, 4.69) is 35.1 Å². The summed E-state index contributed by atoms with van der Waals surface area (Å²) in [6.45, 7) is 4.68. The molecule has 5 saturated carbocycles. The summed E-state index contributed by atoms with van der Waals surface area (Å²) in [6.07, 6.45) is 11.1. The van der Waals surface area contributed by atoms with Crippen molar-refractivity contribution < 1.29 is 4.79 Å². The number of nitrogens with one attached hydrogen (secondary N) is 1. The van der Waals surface area contributed by atoms with E-state index in [1.165, 1.54) is 38.5 Å². The molecule has 5 fully saturated rings. The first-order chi connectivity index (χ1) is 10.4. The molecule has 5 unspecified atom stereocenters. The first-order valence-electron chi connectivity index (χ1n) is 9.39. The second-order valence-corrected chi connectivity index (χ2v) is 10.9. The lowest BCUT2D eigenvalue weighted by molar-refractivity contribution is -0.145. The van der Waals surface area contributed by atoms with Gasteiger partial charge >= 0.3 is 0 Å². The zero-order valence-electron chi connectivity index (χ0n) is 14.0. The van der Waals surface area contributed by atoms with Crippen LogP contribution in [0.15, 0.2) is 0 Å². The van der Waals surface area contributed by atoms with Gasteiger partial charge in [0, 0.05) is 10.4 Å². The summed E-state index contributed by atoms with van der Waals surface area (Å²) in [4.78, 5) is 13.2. The molecular weight excluding hydrogens is 338 g/mol. The van der Waals surface area contributed by atoms with Gasteiger partial charge in [0.25, 0.3) is 0 Å². The molecular formula is C19H30BrNO. The van der Waals surface area contributed by atoms with E-state index < -0.39 is 0 Å². The maximum absolute atomic E-state index is 13.2. The molecule has 22 heavy (non-hydrogen) atoms. The molecule has 1 N–H and O–H groups in total. The van der Waals surface area contributed by atoms with Crippen molar-refractivity contribution in [1.82, 2.24) is 5.32 Å². The van der Waals surface area contributed by atoms with Crippen LogP contribution >= 0.6 is 15.9 Å². The Morgan fingerprint density at radius 1 is 1.09 bits per heavy atom. The largest absolute Gasteiger partial charge is 0.353 e. The van der Waals surface area contributed by atoms with Gasteiger partial charge in [-0.25, -0.2) is 0 Å². The Labute approximate surface area is 143 Å². The van der Waals surface area contributed by atoms with E-state index in [1.807, 2.05) is 0 Å². The van der Waals surface area contributed by atoms with Crippen LogP contribution in [-0.4, -0.2) is 16.3 Å². The number of rotatable bonds is 2. The number of hydrogen-bond donors (Lipinski definition) is 1. The Morgan fingerprint density at radius 3 is 2.41 bits per heavy atom. The van der Waals surface area contributed by atoms with Gasteiger partial charge in [0.05, 0.1) is 5.41 Å². The van der Waals surface area contributed by atoms with Crippen LogP contribution in [0.5, 0.6) is 0 Å². The Morgan fingerprint density at radius 2 is 1.77 bits per heavy atom. The average molecular weight is 368 g/mol. The highest BCUT2D eigenvalue weighted by Gasteiger charge is 2.60. The molecule has 0 saturated heterocycles. The van der Waals surface area contributed by atoms with Gasteiger partial charge in [-0.1, -0.05) is 42.6 Å². The molecule has 3 heteroatoms. The summed E-state index contributed by atoms with van der Waals surface area (Å²) >= 11 is 4.03. The Kier molecular flexibility index (Phi) is 3.68. The zero-order valence-corrected chi connectivity index (χ0v) is 15.6. The minimum absolute atomic E-state index is 0.0476. The van der Waals surface area contributed by atoms with E-state index in [9.17, 15) is 4.79 Å². The van der Waals surface area contributed by atoms with Crippen LogP contribution < -0.4 is 5.32 Å². The standard InChI is InChI=1S/C19H30BrNO/c1-12-4-3-5-16(13(12)2)21-17(22)18-7-14-6-15(8-18)10-19(20,9-14)11-18/h12-16H,3-11H2,1-2H3,(H,21,22). The number of carbonyl (C=O) groups is 1. The summed E-state index contributed by atoms with van der Waals surface area (Å²) in [6, 6.07) is 0.413. The molecule has 5 atom stereocenters. The Bertz CT molecular complexity index is 462. The molecule has 0 spiro atoms. The number of hydrogen-bond acceptors (Lipinski definition) is 1. The highest BCUT2D eigenvalue weighted by molar-refractivity contribution is 9.10. The molecule has 0 aromatic heterocycles. The monoisotopic (exact) mass is 367 g/mol. The van der Waals surface area contributed by atoms with Crippen molar-refractivity contribution in [3.63, 3.8) is 0 Å². The average Bonchev–Trinajstić information content (AvgIpc) is 2.41. The summed E-state index contributed by atoms with van der Waals surface area (Å²) in [5.41, 5.74) is -0.0476. The van der Waals surface area contributed by atoms with E-state index in [0.717, 1.165) is 37.0 Å². The van der Waals surface area contributed by atoms with Crippen molar-refractivity contribution in [2.45, 2.75) is 82.0 Å². The quantitative estimate of drug-likeness (QED) is 0.706. The molecule has 124 valence electrons. The molecule has 5 aliphatic carbocycles. The molecule has 2 nitrogen and oxygen atoms in total. The summed E-state index contributed by atoms with van der Waals surface area (Å²) < 4.78 is 0.278. The maximum atomic E-state index is 13.2. The Hall–Kier alpha value is -0.0500. The third-order valence-electron chi connectivity index (χ3n) is 7.49. The van der Waals surface area contributed by atoms with Crippen LogP contribution in [-0.2, 0) is 4.79 Å². The first-order valence-corrected chi connectivity index (χ1v) is 10.2. The third-order valence-corrected chi connectivity index (χ3v) is 8.42. The van der Waals surface area contributed by atoms with Crippen molar-refractivity contribution in [3.8, 4) is 0 Å². The van der Waals surface area contributed by atoms with Gasteiger partial charge in [-0.05, 0) is 68.6 Å². The smallest absolute Gasteiger partial charge is 0.226 e. The lowest BCUT2D eigenvalue weighted by Crippen LogP contribution is -2.60. The van der Waals surface area contributed by atoms with Crippen molar-refractivity contribution in [3.05, 3.63) is 0 Å². The normalized spacial score (nSPS) is 53.5. The highest BCUT2D eigenvalue weighted by Crippen LogP contribution is 2.64. The van der Waals surface area contributed by atoms with Gasteiger partial charge in [0.1, 0.15) is 0 Å². The summed E-state index contributed by atoms with van der Waals surface area (Å²) in [5.74, 6) is 3.35. The van der Waals surface area contributed by atoms with Crippen molar-refractivity contribution in [2.75, 3.05) is 0 Å². The van der Waals surface area contributed by atoms with E-state index in [-0.39, 0.29) is 9.74 Å². The molecule has 0 radical (unpaired) electrons. The van der Waals surface area contributed by atoms with Gasteiger partial charge < -0.3 is 5.32 Å². The summed E-state index contributed by atoms with van der Waals surface area (Å²) in [5, 5.41) is 3.51. The van der Waals surface area contributed by atoms with Crippen LogP contribution in [0.1, 0.15) is 71.6 Å². The van der Waals surface area contributed by atoms with Crippen LogP contribution in [0.4, 0.5) is 0 Å². The zero-order chi connectivity index (χ0) is 15.5. The van der Waals surface area contributed by atoms with Crippen LogP contribution in [0.2, 0.25) is 0 Å². The fraction of sp³-hybridized carbons (Fsp3) is 0.947. The van der Waals surface area contributed by atoms with Crippen molar-refractivity contribution >= 4 is 21.8 Å². The summed E-state index contributed by atoms with van der Waals surface area (Å²) in [7, 11) is 0. The van der Waals surface area contributed by atoms with Gasteiger partial charge in [-0.2, -0.15) is 0 Å². The molecule has 5 rings (SSSR count). The topological polar surface area (TPSA) is 29.1 Å². The second-order valence-electron chi connectivity index (χ2n) is 9.24. The second kappa shape index (κ2) is 5.22. The molecule has 0 aromatic carbocycles. The van der Waals surface area contributed by atoms with Crippen molar-refractivity contribution in [2.24, 2.45) is 29.1 Å². The maximum Gasteiger partial charge on any atom is 0.226 e. The Balaban J connectivity index is 1.50. The molecule has 0 heterocycles. The van der Waals surface area contributed by atoms with Gasteiger partial charge in [-0.15, -0.1) is 0 Å². The molecule has 4 bridgehead atoms. The molecule has 1 amide bonds. The van der Waals surface area contributed by atoms with Gasteiger partial charge in [0.2, 0.25) is 5.91 Å². The van der Waals surface area contributed by atoms with Crippen LogP contribution in [0.25, 0.3) is 0 Å². The fourth-order valence-electron chi connectivity index (χ4n) is 6.52. The van der Waals surface area contributed by atoms with Gasteiger partial charge in [0.15, 0.2) is 0 Å². The minimum atomic E-state index is -0.0476. The number of amides is 1. The van der Waals surface area contributed by atoms with Crippen LogP contribution in [0, 0.1) is 29.1 Å². The van der Waals surface area contributed by atoms with E-state index in [1.54, 1.807) is 0 Å². The predicted octanol–water partition coefficient (Wildman–Crippen LogP) is 4.66. The third kappa shape index (κ3) is 2.46. The predicted molar refractivity (Wildman–Crippen MR) is 92.9 cm³/mol. The van der Waals surface area contributed by atoms with Crippen molar-refractivity contribution in [1.29, 1.82) is 0 Å². The first kappa shape index (κ1) is 15.5. The molecule has 0 aromatic rings. The SMILES string of the molecule is CC1CCCC(NC(=O)C23CC4CC(CC(Br)(C4)C2)C3)C1C. The van der Waals surface area contributed by atoms with E-state index in [4.69, 9.17) is 0 Å². The minimum Gasteiger partial charge on any atom is -0.353 e. The number of halogens is 1. The lowest BCUT2D eigenvalue weighted by Gasteiger charge is -2.59. The molecule has 0 aliphatic heterocycles. The lowest BCUT2D eigenvalue weighted by atomic mass is 9.49. The van der Waals surface area contributed by atoms with Crippen LogP contribution in [0.3, 0.4) is 0 Å². The number of carbonyl (C=O) groups excluding carboxylic acids is 1. The fourth-order valence-corrected chi connectivity index (χ4v) is 7.98. The van der Waals surface area contributed by atoms with Gasteiger partial charge in [-0.3, -0.25) is 4.79 Å². The highest BCUT2D eigenvalue weighted by atomic mass is 79.9. The number of alkyl halides is 1.